The highest BCUT2D eigenvalue weighted by atomic mass is 19.1. The zero-order valence-electron chi connectivity index (χ0n) is 11.4. The van der Waals surface area contributed by atoms with Crippen molar-refractivity contribution in [2.45, 2.75) is 6.54 Å². The predicted molar refractivity (Wildman–Crippen MR) is 77.7 cm³/mol. The van der Waals surface area contributed by atoms with Crippen LogP contribution in [0.4, 0.5) is 15.8 Å². The molecule has 0 aliphatic carbocycles. The largest absolute Gasteiger partial charge is 0.497 e. The van der Waals surface area contributed by atoms with Crippen LogP contribution in [0.15, 0.2) is 36.4 Å². The lowest BCUT2D eigenvalue weighted by atomic mass is 10.1. The van der Waals surface area contributed by atoms with E-state index < -0.39 is 0 Å². The van der Waals surface area contributed by atoms with Gasteiger partial charge in [0.05, 0.1) is 19.9 Å². The zero-order valence-corrected chi connectivity index (χ0v) is 11.4. The first kappa shape index (κ1) is 14.0. The lowest BCUT2D eigenvalue weighted by molar-refractivity contribution is 0.391. The van der Waals surface area contributed by atoms with Crippen LogP contribution >= 0.6 is 0 Å². The van der Waals surface area contributed by atoms with Gasteiger partial charge < -0.3 is 20.5 Å². The first-order valence-corrected chi connectivity index (χ1v) is 6.14. The molecule has 0 bridgehead atoms. The molecule has 2 aromatic carbocycles. The van der Waals surface area contributed by atoms with Gasteiger partial charge in [-0.1, -0.05) is 0 Å². The van der Waals surface area contributed by atoms with Crippen LogP contribution in [-0.2, 0) is 6.54 Å². The van der Waals surface area contributed by atoms with Crippen LogP contribution in [0.3, 0.4) is 0 Å². The van der Waals surface area contributed by atoms with Crippen LogP contribution in [-0.4, -0.2) is 14.2 Å². The van der Waals surface area contributed by atoms with E-state index in [1.54, 1.807) is 26.4 Å². The van der Waals surface area contributed by atoms with Crippen molar-refractivity contribution in [1.29, 1.82) is 0 Å². The van der Waals surface area contributed by atoms with E-state index in [0.717, 1.165) is 5.56 Å². The highest BCUT2D eigenvalue weighted by molar-refractivity contribution is 5.56. The summed E-state index contributed by atoms with van der Waals surface area (Å²) in [5, 5.41) is 3.01. The summed E-state index contributed by atoms with van der Waals surface area (Å²) >= 11 is 0. The minimum Gasteiger partial charge on any atom is -0.497 e. The first-order chi connectivity index (χ1) is 9.63. The van der Waals surface area contributed by atoms with Gasteiger partial charge in [-0.05, 0) is 30.3 Å². The molecule has 0 atom stereocenters. The maximum atomic E-state index is 13.6. The molecule has 0 spiro atoms. The molecule has 2 rings (SSSR count). The minimum atomic E-state index is -0.341. The van der Waals surface area contributed by atoms with Gasteiger partial charge in [-0.2, -0.15) is 0 Å². The molecule has 106 valence electrons. The number of nitrogens with one attached hydrogen (secondary N) is 1. The standard InChI is InChI=1S/C15H17FN2O2/c1-19-12-5-3-10(15(8-12)20-2)9-18-14-7-11(17)4-6-13(14)16/h3-8,18H,9,17H2,1-2H3. The van der Waals surface area contributed by atoms with Crippen molar-refractivity contribution in [3.8, 4) is 11.5 Å². The zero-order chi connectivity index (χ0) is 14.5. The Labute approximate surface area is 117 Å². The average molecular weight is 276 g/mol. The van der Waals surface area contributed by atoms with Crippen molar-refractivity contribution in [3.63, 3.8) is 0 Å². The Morgan fingerprint density at radius 3 is 2.60 bits per heavy atom. The third kappa shape index (κ3) is 3.12. The van der Waals surface area contributed by atoms with Crippen molar-refractivity contribution in [2.24, 2.45) is 0 Å². The lowest BCUT2D eigenvalue weighted by Crippen LogP contribution is -2.04. The summed E-state index contributed by atoms with van der Waals surface area (Å²) in [5.74, 6) is 1.05. The van der Waals surface area contributed by atoms with E-state index in [1.807, 2.05) is 12.1 Å². The second kappa shape index (κ2) is 6.14. The normalized spacial score (nSPS) is 10.2. The molecule has 4 nitrogen and oxygen atoms in total. The summed E-state index contributed by atoms with van der Waals surface area (Å²) in [7, 11) is 3.17. The van der Waals surface area contributed by atoms with Crippen LogP contribution < -0.4 is 20.5 Å². The Morgan fingerprint density at radius 1 is 1.10 bits per heavy atom. The third-order valence-electron chi connectivity index (χ3n) is 2.95. The quantitative estimate of drug-likeness (QED) is 0.824. The van der Waals surface area contributed by atoms with E-state index in [-0.39, 0.29) is 5.82 Å². The van der Waals surface area contributed by atoms with Crippen LogP contribution in [0, 0.1) is 5.82 Å². The predicted octanol–water partition coefficient (Wildman–Crippen LogP) is 3.04. The molecule has 0 unspecified atom stereocenters. The molecule has 0 aliphatic rings. The number of benzene rings is 2. The van der Waals surface area contributed by atoms with Gasteiger partial charge in [-0.25, -0.2) is 4.39 Å². The minimum absolute atomic E-state index is 0.341. The summed E-state index contributed by atoms with van der Waals surface area (Å²) in [4.78, 5) is 0. The molecule has 0 fully saturated rings. The molecule has 0 saturated heterocycles. The van der Waals surface area contributed by atoms with Crippen molar-refractivity contribution in [3.05, 3.63) is 47.8 Å². The summed E-state index contributed by atoms with van der Waals surface area (Å²) < 4.78 is 24.0. The SMILES string of the molecule is COc1ccc(CNc2cc(N)ccc2F)c(OC)c1. The van der Waals surface area contributed by atoms with E-state index in [9.17, 15) is 4.39 Å². The second-order valence-electron chi connectivity index (χ2n) is 4.27. The molecule has 20 heavy (non-hydrogen) atoms. The molecule has 5 heteroatoms. The van der Waals surface area contributed by atoms with Crippen molar-refractivity contribution < 1.29 is 13.9 Å². The number of halogens is 1. The van der Waals surface area contributed by atoms with Crippen LogP contribution in [0.2, 0.25) is 0 Å². The van der Waals surface area contributed by atoms with E-state index in [4.69, 9.17) is 15.2 Å². The summed E-state index contributed by atoms with van der Waals surface area (Å²) in [6, 6.07) is 9.90. The fourth-order valence-corrected chi connectivity index (χ4v) is 1.87. The fourth-order valence-electron chi connectivity index (χ4n) is 1.87. The first-order valence-electron chi connectivity index (χ1n) is 6.14. The molecule has 0 saturated carbocycles. The smallest absolute Gasteiger partial charge is 0.146 e. The molecule has 0 radical (unpaired) electrons. The number of hydrogen-bond acceptors (Lipinski definition) is 4. The Morgan fingerprint density at radius 2 is 1.90 bits per heavy atom. The second-order valence-corrected chi connectivity index (χ2v) is 4.27. The molecular formula is C15H17FN2O2. The van der Waals surface area contributed by atoms with Gasteiger partial charge in [0.2, 0.25) is 0 Å². The number of ether oxygens (including phenoxy) is 2. The monoisotopic (exact) mass is 276 g/mol. The molecule has 3 N–H and O–H groups in total. The molecule has 0 heterocycles. The van der Waals surface area contributed by atoms with E-state index in [0.29, 0.717) is 29.4 Å². The van der Waals surface area contributed by atoms with Gasteiger partial charge in [0, 0.05) is 23.9 Å². The maximum absolute atomic E-state index is 13.6. The van der Waals surface area contributed by atoms with Gasteiger partial charge in [0.25, 0.3) is 0 Å². The lowest BCUT2D eigenvalue weighted by Gasteiger charge is -2.12. The highest BCUT2D eigenvalue weighted by Crippen LogP contribution is 2.26. The number of anilines is 2. The van der Waals surface area contributed by atoms with Crippen molar-refractivity contribution in [2.75, 3.05) is 25.3 Å². The molecule has 2 aromatic rings. The van der Waals surface area contributed by atoms with Gasteiger partial charge in [-0.15, -0.1) is 0 Å². The summed E-state index contributed by atoms with van der Waals surface area (Å²) in [5.41, 5.74) is 7.41. The Hall–Kier alpha value is -2.43. The Balaban J connectivity index is 2.16. The van der Waals surface area contributed by atoms with Gasteiger partial charge in [0.15, 0.2) is 0 Å². The Bertz CT molecular complexity index is 602. The fraction of sp³-hybridized carbons (Fsp3) is 0.200. The number of nitrogens with two attached hydrogens (primary N) is 1. The van der Waals surface area contributed by atoms with E-state index in [2.05, 4.69) is 5.32 Å². The number of nitrogen functional groups attached to an aromatic ring is 1. The summed E-state index contributed by atoms with van der Waals surface area (Å²) in [6.07, 6.45) is 0. The molecule has 0 aromatic heterocycles. The average Bonchev–Trinajstić information content (AvgIpc) is 2.48. The van der Waals surface area contributed by atoms with Crippen molar-refractivity contribution >= 4 is 11.4 Å². The van der Waals surface area contributed by atoms with E-state index in [1.165, 1.54) is 12.1 Å². The van der Waals surface area contributed by atoms with Gasteiger partial charge >= 0.3 is 0 Å². The molecular weight excluding hydrogens is 259 g/mol. The number of rotatable bonds is 5. The maximum Gasteiger partial charge on any atom is 0.146 e. The van der Waals surface area contributed by atoms with Crippen LogP contribution in [0.1, 0.15) is 5.56 Å². The molecule has 0 amide bonds. The van der Waals surface area contributed by atoms with Gasteiger partial charge in [-0.3, -0.25) is 0 Å². The van der Waals surface area contributed by atoms with Gasteiger partial charge in [0.1, 0.15) is 17.3 Å². The van der Waals surface area contributed by atoms with Crippen LogP contribution in [0.5, 0.6) is 11.5 Å². The third-order valence-corrected chi connectivity index (χ3v) is 2.95. The van der Waals surface area contributed by atoms with Crippen LogP contribution in [0.25, 0.3) is 0 Å². The highest BCUT2D eigenvalue weighted by Gasteiger charge is 2.07. The van der Waals surface area contributed by atoms with E-state index >= 15 is 0 Å². The number of hydrogen-bond donors (Lipinski definition) is 2. The summed E-state index contributed by atoms with van der Waals surface area (Å²) in [6.45, 7) is 0.424. The van der Waals surface area contributed by atoms with Crippen molar-refractivity contribution in [1.82, 2.24) is 0 Å². The molecule has 0 aliphatic heterocycles. The Kier molecular flexibility index (Phi) is 4.30. The topological polar surface area (TPSA) is 56.5 Å². The number of methoxy groups -OCH3 is 2.